The molecule has 0 radical (unpaired) electrons. The number of aromatic nitrogens is 2. The van der Waals surface area contributed by atoms with Crippen molar-refractivity contribution in [2.45, 2.75) is 25.4 Å². The Morgan fingerprint density at radius 1 is 1.67 bits per heavy atom. The third-order valence-corrected chi connectivity index (χ3v) is 2.50. The lowest BCUT2D eigenvalue weighted by atomic mass is 10.4. The lowest BCUT2D eigenvalue weighted by Gasteiger charge is -2.14. The fourth-order valence-corrected chi connectivity index (χ4v) is 1.46. The van der Waals surface area contributed by atoms with Crippen molar-refractivity contribution in [2.75, 3.05) is 7.05 Å². The predicted octanol–water partition coefficient (Wildman–Crippen LogP) is 1.01. The average molecular weight is 165 g/mol. The highest BCUT2D eigenvalue weighted by Gasteiger charge is 2.26. The minimum atomic E-state index is 0.833. The maximum Gasteiger partial charge on any atom is 0.0521 e. The van der Waals surface area contributed by atoms with Crippen LogP contribution in [0.25, 0.3) is 0 Å². The molecule has 66 valence electrons. The van der Waals surface area contributed by atoms with Gasteiger partial charge in [0, 0.05) is 25.8 Å². The molecule has 1 aromatic heterocycles. The molecule has 1 aromatic rings. The van der Waals surface area contributed by atoms with E-state index in [1.165, 1.54) is 18.5 Å². The first-order valence-electron chi connectivity index (χ1n) is 4.44. The van der Waals surface area contributed by atoms with Crippen molar-refractivity contribution >= 4 is 0 Å². The lowest BCUT2D eigenvalue weighted by molar-refractivity contribution is 0.307. The van der Waals surface area contributed by atoms with E-state index >= 15 is 0 Å². The molecule has 0 amide bonds. The van der Waals surface area contributed by atoms with Crippen LogP contribution in [0, 0.1) is 0 Å². The van der Waals surface area contributed by atoms with Gasteiger partial charge >= 0.3 is 0 Å². The Hall–Kier alpha value is -0.830. The van der Waals surface area contributed by atoms with Crippen LogP contribution in [0.4, 0.5) is 0 Å². The van der Waals surface area contributed by atoms with Crippen molar-refractivity contribution in [3.63, 3.8) is 0 Å². The summed E-state index contributed by atoms with van der Waals surface area (Å²) < 4.78 is 1.94. The second-order valence-electron chi connectivity index (χ2n) is 3.59. The molecule has 1 aliphatic rings. The Morgan fingerprint density at radius 2 is 2.42 bits per heavy atom. The van der Waals surface area contributed by atoms with Gasteiger partial charge in [0.05, 0.1) is 5.69 Å². The maximum absolute atomic E-state index is 4.14. The predicted molar refractivity (Wildman–Crippen MR) is 47.7 cm³/mol. The average Bonchev–Trinajstić information content (AvgIpc) is 2.80. The van der Waals surface area contributed by atoms with E-state index in [9.17, 15) is 0 Å². The standard InChI is InChI=1S/C9H15N3/c1-11(8-3-4-8)7-9-5-6-10-12(9)2/h5-6,8H,3-4,7H2,1-2H3. The fraction of sp³-hybridized carbons (Fsp3) is 0.667. The van der Waals surface area contributed by atoms with E-state index in [-0.39, 0.29) is 0 Å². The van der Waals surface area contributed by atoms with Crippen molar-refractivity contribution in [3.05, 3.63) is 18.0 Å². The minimum absolute atomic E-state index is 0.833. The molecule has 3 nitrogen and oxygen atoms in total. The topological polar surface area (TPSA) is 21.1 Å². The van der Waals surface area contributed by atoms with Crippen molar-refractivity contribution in [3.8, 4) is 0 Å². The van der Waals surface area contributed by atoms with E-state index in [4.69, 9.17) is 0 Å². The van der Waals surface area contributed by atoms with Gasteiger partial charge in [-0.15, -0.1) is 0 Å². The summed E-state index contributed by atoms with van der Waals surface area (Å²) in [6, 6.07) is 2.92. The highest BCUT2D eigenvalue weighted by atomic mass is 15.3. The second-order valence-corrected chi connectivity index (χ2v) is 3.59. The molecule has 3 heteroatoms. The summed E-state index contributed by atoms with van der Waals surface area (Å²) in [5.41, 5.74) is 1.30. The Labute approximate surface area is 73.0 Å². The molecule has 0 bridgehead atoms. The van der Waals surface area contributed by atoms with Crippen LogP contribution in [-0.4, -0.2) is 27.8 Å². The second kappa shape index (κ2) is 2.90. The summed E-state index contributed by atoms with van der Waals surface area (Å²) in [6.45, 7) is 1.03. The molecule has 0 N–H and O–H groups in total. The summed E-state index contributed by atoms with van der Waals surface area (Å²) >= 11 is 0. The monoisotopic (exact) mass is 165 g/mol. The van der Waals surface area contributed by atoms with Gasteiger partial charge in [0.1, 0.15) is 0 Å². The molecule has 12 heavy (non-hydrogen) atoms. The summed E-state index contributed by atoms with van der Waals surface area (Å²) in [5, 5.41) is 4.14. The molecule has 1 saturated carbocycles. The van der Waals surface area contributed by atoms with Gasteiger partial charge in [-0.2, -0.15) is 5.10 Å². The van der Waals surface area contributed by atoms with Crippen molar-refractivity contribution in [2.24, 2.45) is 7.05 Å². The first kappa shape index (κ1) is 7.80. The normalized spacial score (nSPS) is 17.2. The van der Waals surface area contributed by atoms with Crippen LogP contribution in [-0.2, 0) is 13.6 Å². The van der Waals surface area contributed by atoms with E-state index in [0.29, 0.717) is 0 Å². The van der Waals surface area contributed by atoms with Gasteiger partial charge in [0.25, 0.3) is 0 Å². The van der Waals surface area contributed by atoms with Crippen LogP contribution in [0.1, 0.15) is 18.5 Å². The highest BCUT2D eigenvalue weighted by molar-refractivity contribution is 5.00. The molecule has 0 saturated heterocycles. The zero-order valence-corrected chi connectivity index (χ0v) is 7.70. The van der Waals surface area contributed by atoms with Crippen molar-refractivity contribution < 1.29 is 0 Å². The van der Waals surface area contributed by atoms with E-state index in [1.807, 2.05) is 17.9 Å². The number of hydrogen-bond acceptors (Lipinski definition) is 2. The smallest absolute Gasteiger partial charge is 0.0521 e. The summed E-state index contributed by atoms with van der Waals surface area (Å²) in [7, 11) is 4.18. The van der Waals surface area contributed by atoms with Gasteiger partial charge in [0.15, 0.2) is 0 Å². The van der Waals surface area contributed by atoms with E-state index in [2.05, 4.69) is 23.1 Å². The molecule has 0 aliphatic heterocycles. The molecule has 0 aromatic carbocycles. The fourth-order valence-electron chi connectivity index (χ4n) is 1.46. The largest absolute Gasteiger partial charge is 0.298 e. The number of hydrogen-bond donors (Lipinski definition) is 0. The van der Waals surface area contributed by atoms with Crippen molar-refractivity contribution in [1.29, 1.82) is 0 Å². The van der Waals surface area contributed by atoms with E-state index in [1.54, 1.807) is 0 Å². The van der Waals surface area contributed by atoms with Gasteiger partial charge in [0.2, 0.25) is 0 Å². The molecule has 2 rings (SSSR count). The summed E-state index contributed by atoms with van der Waals surface area (Å²) in [4.78, 5) is 2.40. The Bertz CT molecular complexity index is 262. The maximum atomic E-state index is 4.14. The van der Waals surface area contributed by atoms with Gasteiger partial charge in [-0.05, 0) is 26.0 Å². The van der Waals surface area contributed by atoms with Gasteiger partial charge in [-0.3, -0.25) is 9.58 Å². The van der Waals surface area contributed by atoms with Crippen LogP contribution in [0.15, 0.2) is 12.3 Å². The van der Waals surface area contributed by atoms with Crippen LogP contribution < -0.4 is 0 Å². The Balaban J connectivity index is 1.97. The first-order chi connectivity index (χ1) is 5.77. The summed E-state index contributed by atoms with van der Waals surface area (Å²) in [5.74, 6) is 0. The quantitative estimate of drug-likeness (QED) is 0.666. The Morgan fingerprint density at radius 3 is 2.92 bits per heavy atom. The van der Waals surface area contributed by atoms with E-state index in [0.717, 1.165) is 12.6 Å². The van der Waals surface area contributed by atoms with Gasteiger partial charge < -0.3 is 0 Å². The van der Waals surface area contributed by atoms with Gasteiger partial charge in [-0.1, -0.05) is 0 Å². The summed E-state index contributed by atoms with van der Waals surface area (Å²) in [6.07, 6.45) is 4.60. The molecule has 1 fully saturated rings. The molecule has 1 heterocycles. The Kier molecular flexibility index (Phi) is 1.89. The zero-order valence-electron chi connectivity index (χ0n) is 7.70. The first-order valence-corrected chi connectivity index (χ1v) is 4.44. The van der Waals surface area contributed by atoms with Crippen LogP contribution >= 0.6 is 0 Å². The lowest BCUT2D eigenvalue weighted by Crippen LogP contribution is -2.21. The minimum Gasteiger partial charge on any atom is -0.298 e. The molecular weight excluding hydrogens is 150 g/mol. The SMILES string of the molecule is CN(Cc1ccnn1C)C1CC1. The molecule has 0 unspecified atom stereocenters. The van der Waals surface area contributed by atoms with Crippen LogP contribution in [0.3, 0.4) is 0 Å². The van der Waals surface area contributed by atoms with Crippen LogP contribution in [0.5, 0.6) is 0 Å². The third kappa shape index (κ3) is 1.50. The van der Waals surface area contributed by atoms with Gasteiger partial charge in [-0.25, -0.2) is 0 Å². The zero-order chi connectivity index (χ0) is 8.55. The van der Waals surface area contributed by atoms with Crippen molar-refractivity contribution in [1.82, 2.24) is 14.7 Å². The molecular formula is C9H15N3. The molecule has 0 spiro atoms. The number of rotatable bonds is 3. The third-order valence-electron chi connectivity index (χ3n) is 2.50. The van der Waals surface area contributed by atoms with Crippen LogP contribution in [0.2, 0.25) is 0 Å². The molecule has 0 atom stereocenters. The van der Waals surface area contributed by atoms with E-state index < -0.39 is 0 Å². The number of nitrogens with zero attached hydrogens (tertiary/aromatic N) is 3. The number of aryl methyl sites for hydroxylation is 1. The molecule has 1 aliphatic carbocycles. The highest BCUT2D eigenvalue weighted by Crippen LogP contribution is 2.26.